The van der Waals surface area contributed by atoms with Gasteiger partial charge in [-0.1, -0.05) is 31.2 Å². The molecule has 28 heavy (non-hydrogen) atoms. The van der Waals surface area contributed by atoms with Gasteiger partial charge in [0.15, 0.2) is 0 Å². The van der Waals surface area contributed by atoms with Crippen molar-refractivity contribution in [3.63, 3.8) is 0 Å². The highest BCUT2D eigenvalue weighted by Crippen LogP contribution is 2.33. The van der Waals surface area contributed by atoms with Gasteiger partial charge in [-0.15, -0.1) is 0 Å². The van der Waals surface area contributed by atoms with E-state index < -0.39 is 11.6 Å². The molecule has 3 heterocycles. The molecule has 0 spiro atoms. The van der Waals surface area contributed by atoms with Crippen LogP contribution in [-0.4, -0.2) is 50.8 Å². The summed E-state index contributed by atoms with van der Waals surface area (Å²) in [7, 11) is 0. The Hall–Kier alpha value is -2.73. The first-order chi connectivity index (χ1) is 13.5. The van der Waals surface area contributed by atoms with Gasteiger partial charge in [0.1, 0.15) is 11.6 Å². The fraction of sp³-hybridized carbons (Fsp3) is 0.409. The zero-order valence-electron chi connectivity index (χ0n) is 16.0. The van der Waals surface area contributed by atoms with Crippen LogP contribution >= 0.6 is 0 Å². The summed E-state index contributed by atoms with van der Waals surface area (Å²) >= 11 is 0. The lowest BCUT2D eigenvalue weighted by Gasteiger charge is -2.40. The quantitative estimate of drug-likeness (QED) is 0.885. The zero-order valence-corrected chi connectivity index (χ0v) is 16.0. The molecule has 0 radical (unpaired) electrons. The largest absolute Gasteiger partial charge is 0.383 e. The van der Waals surface area contributed by atoms with Gasteiger partial charge < -0.3 is 14.9 Å². The minimum Gasteiger partial charge on any atom is -0.383 e. The third kappa shape index (κ3) is 3.18. The monoisotopic (exact) mass is 379 g/mol. The molecule has 1 fully saturated rings. The number of pyridine rings is 1. The number of carbonyl (C=O) groups is 2. The van der Waals surface area contributed by atoms with Crippen molar-refractivity contribution < 1.29 is 14.7 Å². The second-order valence-corrected chi connectivity index (χ2v) is 7.59. The molecular formula is C22H25N3O3. The lowest BCUT2D eigenvalue weighted by atomic mass is 9.87. The highest BCUT2D eigenvalue weighted by molar-refractivity contribution is 6.01. The van der Waals surface area contributed by atoms with Gasteiger partial charge in [0.2, 0.25) is 5.91 Å². The van der Waals surface area contributed by atoms with E-state index in [1.165, 1.54) is 0 Å². The number of likely N-dealkylation sites (tertiary alicyclic amines) is 1. The van der Waals surface area contributed by atoms with E-state index in [9.17, 15) is 14.7 Å². The summed E-state index contributed by atoms with van der Waals surface area (Å²) in [4.78, 5) is 33.7. The number of carbonyl (C=O) groups excluding carboxylic acids is 2. The van der Waals surface area contributed by atoms with Crippen molar-refractivity contribution in [1.29, 1.82) is 0 Å². The van der Waals surface area contributed by atoms with E-state index >= 15 is 0 Å². The topological polar surface area (TPSA) is 73.7 Å². The average Bonchev–Trinajstić information content (AvgIpc) is 3.06. The fourth-order valence-corrected chi connectivity index (χ4v) is 4.26. The molecule has 1 saturated heterocycles. The molecular weight excluding hydrogens is 354 g/mol. The first-order valence-corrected chi connectivity index (χ1v) is 9.85. The minimum atomic E-state index is -1.00. The Balaban J connectivity index is 1.45. The SMILES string of the molecule is CC[C@H](C(=O)N1CCC(O)(c2ccccn2)CC1)N1Cc2ccccc2C1=O. The number of nitrogens with zero attached hydrogens (tertiary/aromatic N) is 3. The third-order valence-electron chi connectivity index (χ3n) is 5.94. The molecule has 0 unspecified atom stereocenters. The third-order valence-corrected chi connectivity index (χ3v) is 5.94. The summed E-state index contributed by atoms with van der Waals surface area (Å²) in [5, 5.41) is 10.9. The molecule has 6 nitrogen and oxygen atoms in total. The first kappa shape index (κ1) is 18.6. The van der Waals surface area contributed by atoms with Crippen molar-refractivity contribution in [2.45, 2.75) is 44.4 Å². The maximum atomic E-state index is 13.2. The smallest absolute Gasteiger partial charge is 0.255 e. The van der Waals surface area contributed by atoms with Crippen LogP contribution in [0.15, 0.2) is 48.7 Å². The molecule has 1 atom stereocenters. The Labute approximate surface area is 164 Å². The van der Waals surface area contributed by atoms with E-state index in [0.29, 0.717) is 50.2 Å². The Morgan fingerprint density at radius 1 is 1.18 bits per heavy atom. The van der Waals surface area contributed by atoms with Gasteiger partial charge in [0.05, 0.1) is 5.69 Å². The van der Waals surface area contributed by atoms with Gasteiger partial charge >= 0.3 is 0 Å². The van der Waals surface area contributed by atoms with Crippen LogP contribution in [0.3, 0.4) is 0 Å². The number of aromatic nitrogens is 1. The van der Waals surface area contributed by atoms with E-state index in [-0.39, 0.29) is 11.8 Å². The van der Waals surface area contributed by atoms with E-state index in [1.807, 2.05) is 49.4 Å². The van der Waals surface area contributed by atoms with Crippen LogP contribution in [0, 0.1) is 0 Å². The summed E-state index contributed by atoms with van der Waals surface area (Å²) in [5.74, 6) is -0.107. The standard InChI is InChI=1S/C22H25N3O3/c1-2-18(25-15-16-7-3-4-8-17(16)20(25)26)21(27)24-13-10-22(28,11-14-24)19-9-5-6-12-23-19/h3-9,12,18,28H,2,10-11,13-15H2,1H3/t18-/m1/s1. The summed E-state index contributed by atoms with van der Waals surface area (Å²) in [6.07, 6.45) is 3.13. The lowest BCUT2D eigenvalue weighted by Crippen LogP contribution is -2.53. The number of benzene rings is 1. The van der Waals surface area contributed by atoms with Crippen molar-refractivity contribution >= 4 is 11.8 Å². The molecule has 0 aliphatic carbocycles. The average molecular weight is 379 g/mol. The maximum Gasteiger partial charge on any atom is 0.255 e. The summed E-state index contributed by atoms with van der Waals surface area (Å²) < 4.78 is 0. The molecule has 2 aromatic rings. The molecule has 6 heteroatoms. The molecule has 1 aromatic heterocycles. The Morgan fingerprint density at radius 3 is 2.54 bits per heavy atom. The number of hydrogen-bond donors (Lipinski definition) is 1. The highest BCUT2D eigenvalue weighted by Gasteiger charge is 2.41. The molecule has 2 amide bonds. The van der Waals surface area contributed by atoms with E-state index in [1.54, 1.807) is 16.0 Å². The minimum absolute atomic E-state index is 0.0354. The number of rotatable bonds is 4. The van der Waals surface area contributed by atoms with Gasteiger partial charge in [-0.05, 0) is 43.0 Å². The maximum absolute atomic E-state index is 13.2. The summed E-state index contributed by atoms with van der Waals surface area (Å²) in [6, 6.07) is 12.6. The van der Waals surface area contributed by atoms with Crippen LogP contribution < -0.4 is 0 Å². The van der Waals surface area contributed by atoms with Gasteiger partial charge in [-0.3, -0.25) is 14.6 Å². The van der Waals surface area contributed by atoms with Crippen LogP contribution in [-0.2, 0) is 16.9 Å². The molecule has 1 N–H and O–H groups in total. The van der Waals surface area contributed by atoms with Crippen molar-refractivity contribution in [3.8, 4) is 0 Å². The van der Waals surface area contributed by atoms with Crippen molar-refractivity contribution in [2.75, 3.05) is 13.1 Å². The van der Waals surface area contributed by atoms with Crippen molar-refractivity contribution in [2.24, 2.45) is 0 Å². The van der Waals surface area contributed by atoms with E-state index in [4.69, 9.17) is 0 Å². The molecule has 1 aromatic carbocycles. The molecule has 4 rings (SSSR count). The van der Waals surface area contributed by atoms with Crippen molar-refractivity contribution in [1.82, 2.24) is 14.8 Å². The molecule has 0 bridgehead atoms. The van der Waals surface area contributed by atoms with Crippen LogP contribution in [0.4, 0.5) is 0 Å². The molecule has 0 saturated carbocycles. The predicted molar refractivity (Wildman–Crippen MR) is 104 cm³/mol. The number of hydrogen-bond acceptors (Lipinski definition) is 4. The van der Waals surface area contributed by atoms with Crippen LogP contribution in [0.1, 0.15) is 47.8 Å². The molecule has 2 aliphatic rings. The van der Waals surface area contributed by atoms with Gasteiger partial charge in [-0.2, -0.15) is 0 Å². The number of amides is 2. The zero-order chi connectivity index (χ0) is 19.7. The van der Waals surface area contributed by atoms with E-state index in [0.717, 1.165) is 5.56 Å². The predicted octanol–water partition coefficient (Wildman–Crippen LogP) is 2.33. The normalized spacial score (nSPS) is 19.4. The Morgan fingerprint density at radius 2 is 1.89 bits per heavy atom. The second-order valence-electron chi connectivity index (χ2n) is 7.59. The molecule has 146 valence electrons. The summed E-state index contributed by atoms with van der Waals surface area (Å²) in [6.45, 7) is 3.33. The highest BCUT2D eigenvalue weighted by atomic mass is 16.3. The van der Waals surface area contributed by atoms with Gasteiger partial charge in [0.25, 0.3) is 5.91 Å². The Bertz CT molecular complexity index is 876. The second kappa shape index (κ2) is 7.36. The summed E-state index contributed by atoms with van der Waals surface area (Å²) in [5.41, 5.74) is 1.32. The molecule has 2 aliphatic heterocycles. The van der Waals surface area contributed by atoms with E-state index in [2.05, 4.69) is 4.98 Å². The fourth-order valence-electron chi connectivity index (χ4n) is 4.26. The first-order valence-electron chi connectivity index (χ1n) is 9.85. The van der Waals surface area contributed by atoms with Crippen molar-refractivity contribution in [3.05, 3.63) is 65.5 Å². The van der Waals surface area contributed by atoms with Gasteiger partial charge in [0, 0.05) is 31.4 Å². The van der Waals surface area contributed by atoms with Crippen LogP contribution in [0.5, 0.6) is 0 Å². The van der Waals surface area contributed by atoms with Gasteiger partial charge in [-0.25, -0.2) is 0 Å². The van der Waals surface area contributed by atoms with Crippen LogP contribution in [0.2, 0.25) is 0 Å². The number of piperidine rings is 1. The number of aliphatic hydroxyl groups is 1. The Kier molecular flexibility index (Phi) is 4.89. The van der Waals surface area contributed by atoms with Crippen LogP contribution in [0.25, 0.3) is 0 Å². The lowest BCUT2D eigenvalue weighted by molar-refractivity contribution is -0.141. The number of fused-ring (bicyclic) bond motifs is 1.